The Morgan fingerprint density at radius 2 is 2.40 bits per heavy atom. The average Bonchev–Trinajstić information content (AvgIpc) is 2.63. The number of H-pyrrole nitrogens is 1. The van der Waals surface area contributed by atoms with Crippen LogP contribution in [0.25, 0.3) is 0 Å². The van der Waals surface area contributed by atoms with E-state index in [1.807, 2.05) is 0 Å². The molecule has 0 aliphatic rings. The first-order chi connectivity index (χ1) is 7.27. The Bertz CT molecular complexity index is 453. The number of nitrogens with zero attached hydrogens (tertiary/aromatic N) is 2. The van der Waals surface area contributed by atoms with E-state index >= 15 is 0 Å². The number of hydrogen-bond acceptors (Lipinski definition) is 4. The summed E-state index contributed by atoms with van der Waals surface area (Å²) in [7, 11) is 0. The molecule has 2 aromatic heterocycles. The smallest absolute Gasteiger partial charge is 0.165 e. The van der Waals surface area contributed by atoms with Gasteiger partial charge in [-0.05, 0) is 12.1 Å². The molecule has 2 heterocycles. The summed E-state index contributed by atoms with van der Waals surface area (Å²) < 4.78 is 13.1. The zero-order valence-electron chi connectivity index (χ0n) is 7.87. The molecule has 5 nitrogen and oxygen atoms in total. The van der Waals surface area contributed by atoms with Crippen LogP contribution in [0.2, 0.25) is 0 Å². The third-order valence-electron chi connectivity index (χ3n) is 1.96. The number of nitrogens with one attached hydrogen (secondary N) is 2. The highest BCUT2D eigenvalue weighted by atomic mass is 19.1. The number of anilines is 2. The van der Waals surface area contributed by atoms with Crippen molar-refractivity contribution in [3.63, 3.8) is 0 Å². The van der Waals surface area contributed by atoms with E-state index in [1.165, 1.54) is 18.3 Å². The van der Waals surface area contributed by atoms with Crippen molar-refractivity contribution in [1.82, 2.24) is 15.2 Å². The minimum absolute atomic E-state index is 0.207. The van der Waals surface area contributed by atoms with Crippen LogP contribution in [0, 0.1) is 5.82 Å². The van der Waals surface area contributed by atoms with E-state index < -0.39 is 0 Å². The van der Waals surface area contributed by atoms with Gasteiger partial charge in [-0.2, -0.15) is 5.10 Å². The van der Waals surface area contributed by atoms with Gasteiger partial charge < -0.3 is 11.1 Å². The van der Waals surface area contributed by atoms with Gasteiger partial charge in [-0.25, -0.2) is 9.37 Å². The van der Waals surface area contributed by atoms with Crippen molar-refractivity contribution >= 4 is 11.6 Å². The van der Waals surface area contributed by atoms with Crippen LogP contribution in [-0.4, -0.2) is 15.2 Å². The largest absolute Gasteiger partial charge is 0.384 e. The zero-order chi connectivity index (χ0) is 10.7. The third kappa shape index (κ3) is 2.04. The van der Waals surface area contributed by atoms with Gasteiger partial charge in [0.05, 0.1) is 6.20 Å². The highest BCUT2D eigenvalue weighted by molar-refractivity contribution is 5.42. The Hall–Kier alpha value is -2.11. The molecule has 2 aromatic rings. The molecule has 2 rings (SSSR count). The van der Waals surface area contributed by atoms with Crippen LogP contribution < -0.4 is 11.1 Å². The van der Waals surface area contributed by atoms with E-state index in [9.17, 15) is 4.39 Å². The number of nitrogens with two attached hydrogens (primary N) is 1. The highest BCUT2D eigenvalue weighted by Crippen LogP contribution is 2.12. The molecule has 0 unspecified atom stereocenters. The molecule has 0 bridgehead atoms. The molecule has 0 atom stereocenters. The first-order valence-electron chi connectivity index (χ1n) is 4.39. The van der Waals surface area contributed by atoms with E-state index in [0.717, 1.165) is 5.56 Å². The lowest BCUT2D eigenvalue weighted by Crippen LogP contribution is -2.04. The standard InChI is InChI=1S/C9H10FN5/c10-7-2-1-3-12-9(7)13-4-6-5-14-15-8(6)11/h1-3,5H,4H2,(H,12,13)(H3,11,14,15). The highest BCUT2D eigenvalue weighted by Gasteiger charge is 2.04. The molecule has 15 heavy (non-hydrogen) atoms. The first kappa shape index (κ1) is 9.45. The van der Waals surface area contributed by atoms with Crippen LogP contribution in [0.15, 0.2) is 24.5 Å². The number of rotatable bonds is 3. The molecule has 0 radical (unpaired) electrons. The van der Waals surface area contributed by atoms with E-state index in [0.29, 0.717) is 12.4 Å². The van der Waals surface area contributed by atoms with Crippen LogP contribution in [0.1, 0.15) is 5.56 Å². The summed E-state index contributed by atoms with van der Waals surface area (Å²) in [5.74, 6) is 0.288. The summed E-state index contributed by atoms with van der Waals surface area (Å²) in [6, 6.07) is 2.88. The second kappa shape index (κ2) is 3.95. The number of pyridine rings is 1. The van der Waals surface area contributed by atoms with Crippen molar-refractivity contribution in [2.45, 2.75) is 6.54 Å². The molecule has 4 N–H and O–H groups in total. The second-order valence-electron chi connectivity index (χ2n) is 3.00. The molecule has 0 fully saturated rings. The Labute approximate surface area is 85.5 Å². The monoisotopic (exact) mass is 207 g/mol. The van der Waals surface area contributed by atoms with Gasteiger partial charge in [-0.1, -0.05) is 0 Å². The quantitative estimate of drug-likeness (QED) is 0.705. The maximum absolute atomic E-state index is 13.1. The van der Waals surface area contributed by atoms with E-state index in [1.54, 1.807) is 6.20 Å². The van der Waals surface area contributed by atoms with Crippen molar-refractivity contribution in [2.75, 3.05) is 11.1 Å². The summed E-state index contributed by atoms with van der Waals surface area (Å²) in [6.07, 6.45) is 3.10. The first-order valence-corrected chi connectivity index (χ1v) is 4.39. The SMILES string of the molecule is Nc1[nH]ncc1CNc1ncccc1F. The van der Waals surface area contributed by atoms with Crippen molar-refractivity contribution in [3.8, 4) is 0 Å². The number of aromatic amines is 1. The summed E-state index contributed by atoms with van der Waals surface area (Å²) in [5.41, 5.74) is 6.35. The van der Waals surface area contributed by atoms with Crippen molar-refractivity contribution in [1.29, 1.82) is 0 Å². The van der Waals surface area contributed by atoms with Crippen LogP contribution in [-0.2, 0) is 6.54 Å². The molecule has 0 aliphatic heterocycles. The molecule has 0 saturated heterocycles. The van der Waals surface area contributed by atoms with E-state index in [2.05, 4.69) is 20.5 Å². The zero-order valence-corrected chi connectivity index (χ0v) is 7.87. The number of halogens is 1. The second-order valence-corrected chi connectivity index (χ2v) is 3.00. The van der Waals surface area contributed by atoms with Crippen molar-refractivity contribution < 1.29 is 4.39 Å². The molecule has 0 spiro atoms. The van der Waals surface area contributed by atoms with Gasteiger partial charge in [0, 0.05) is 18.3 Å². The van der Waals surface area contributed by atoms with Crippen LogP contribution in [0.3, 0.4) is 0 Å². The molecule has 6 heteroatoms. The lowest BCUT2D eigenvalue weighted by atomic mass is 10.3. The summed E-state index contributed by atoms with van der Waals surface area (Å²) in [6.45, 7) is 0.385. The average molecular weight is 207 g/mol. The minimum atomic E-state index is -0.389. The predicted molar refractivity (Wildman–Crippen MR) is 54.5 cm³/mol. The predicted octanol–water partition coefficient (Wildman–Crippen LogP) is 1.14. The fourth-order valence-electron chi connectivity index (χ4n) is 1.16. The molecule has 78 valence electrons. The van der Waals surface area contributed by atoms with Crippen molar-refractivity contribution in [2.24, 2.45) is 0 Å². The number of aromatic nitrogens is 3. The third-order valence-corrected chi connectivity index (χ3v) is 1.96. The maximum atomic E-state index is 13.1. The number of nitrogen functional groups attached to an aromatic ring is 1. The molecular weight excluding hydrogens is 197 g/mol. The van der Waals surface area contributed by atoms with Crippen molar-refractivity contribution in [3.05, 3.63) is 35.9 Å². The Morgan fingerprint density at radius 3 is 3.07 bits per heavy atom. The molecular formula is C9H10FN5. The number of hydrogen-bond donors (Lipinski definition) is 3. The molecule has 0 amide bonds. The fraction of sp³-hybridized carbons (Fsp3) is 0.111. The van der Waals surface area contributed by atoms with Crippen LogP contribution in [0.4, 0.5) is 16.0 Å². The van der Waals surface area contributed by atoms with Gasteiger partial charge in [0.15, 0.2) is 11.6 Å². The topological polar surface area (TPSA) is 79.6 Å². The fourth-order valence-corrected chi connectivity index (χ4v) is 1.16. The summed E-state index contributed by atoms with van der Waals surface area (Å²) >= 11 is 0. The Kier molecular flexibility index (Phi) is 2.49. The lowest BCUT2D eigenvalue weighted by Gasteiger charge is -2.04. The maximum Gasteiger partial charge on any atom is 0.165 e. The van der Waals surface area contributed by atoms with Gasteiger partial charge >= 0.3 is 0 Å². The molecule has 0 aliphatic carbocycles. The van der Waals surface area contributed by atoms with Gasteiger partial charge in [0.1, 0.15) is 5.82 Å². The van der Waals surface area contributed by atoms with E-state index in [-0.39, 0.29) is 11.6 Å². The van der Waals surface area contributed by atoms with Crippen LogP contribution in [0.5, 0.6) is 0 Å². The van der Waals surface area contributed by atoms with E-state index in [4.69, 9.17) is 5.73 Å². The van der Waals surface area contributed by atoms with Gasteiger partial charge in [-0.3, -0.25) is 5.10 Å². The normalized spacial score (nSPS) is 10.2. The Balaban J connectivity index is 2.06. The minimum Gasteiger partial charge on any atom is -0.384 e. The van der Waals surface area contributed by atoms with Gasteiger partial charge in [0.25, 0.3) is 0 Å². The summed E-state index contributed by atoms with van der Waals surface area (Å²) in [5, 5.41) is 9.18. The molecule has 0 saturated carbocycles. The van der Waals surface area contributed by atoms with Crippen LogP contribution >= 0.6 is 0 Å². The lowest BCUT2D eigenvalue weighted by molar-refractivity contribution is 0.624. The Morgan fingerprint density at radius 1 is 1.53 bits per heavy atom. The molecule has 0 aromatic carbocycles. The van der Waals surface area contributed by atoms with Gasteiger partial charge in [0.2, 0.25) is 0 Å². The van der Waals surface area contributed by atoms with Gasteiger partial charge in [-0.15, -0.1) is 0 Å². The summed E-state index contributed by atoms with van der Waals surface area (Å²) in [4.78, 5) is 3.85.